The van der Waals surface area contributed by atoms with Gasteiger partial charge in [0.15, 0.2) is 0 Å². The van der Waals surface area contributed by atoms with Gasteiger partial charge in [0.2, 0.25) is 0 Å². The van der Waals surface area contributed by atoms with Gasteiger partial charge in [-0.2, -0.15) is 0 Å². The number of nitrogens with zero attached hydrogens (tertiary/aromatic N) is 2. The van der Waals surface area contributed by atoms with Crippen LogP contribution in [0.3, 0.4) is 0 Å². The third kappa shape index (κ3) is 3.57. The molecule has 0 unspecified atom stereocenters. The maximum absolute atomic E-state index is 9.01. The van der Waals surface area contributed by atoms with Crippen molar-refractivity contribution >= 4 is 0 Å². The first kappa shape index (κ1) is 16.0. The molecule has 1 aromatic heterocycles. The number of rotatable bonds is 6. The fourth-order valence-corrected chi connectivity index (χ4v) is 3.48. The Morgan fingerprint density at radius 3 is 3.00 bits per heavy atom. The molecular weight excluding hydrogens is 290 g/mol. The van der Waals surface area contributed by atoms with E-state index in [4.69, 9.17) is 15.6 Å². The van der Waals surface area contributed by atoms with Gasteiger partial charge in [-0.05, 0) is 43.9 Å². The summed E-state index contributed by atoms with van der Waals surface area (Å²) in [5.41, 5.74) is 6.85. The Morgan fingerprint density at radius 2 is 2.17 bits per heavy atom. The van der Waals surface area contributed by atoms with Crippen LogP contribution in [0.4, 0.5) is 0 Å². The number of aromatic nitrogens is 2. The fraction of sp³-hybridized carbons (Fsp3) is 0.500. The molecule has 5 nitrogen and oxygen atoms in total. The van der Waals surface area contributed by atoms with Gasteiger partial charge in [0.1, 0.15) is 18.2 Å². The van der Waals surface area contributed by atoms with E-state index in [9.17, 15) is 0 Å². The molecule has 0 radical (unpaired) electrons. The lowest BCUT2D eigenvalue weighted by atomic mass is 9.85. The summed E-state index contributed by atoms with van der Waals surface area (Å²) < 4.78 is 7.94. The van der Waals surface area contributed by atoms with E-state index < -0.39 is 0 Å². The van der Waals surface area contributed by atoms with Crippen molar-refractivity contribution in [3.05, 3.63) is 36.7 Å². The lowest BCUT2D eigenvalue weighted by Crippen LogP contribution is -2.24. The van der Waals surface area contributed by atoms with Gasteiger partial charge in [-0.3, -0.25) is 0 Å². The minimum atomic E-state index is 0.00355. The summed E-state index contributed by atoms with van der Waals surface area (Å²) in [4.78, 5) is 4.57. The number of aliphatic hydroxyl groups is 1. The highest BCUT2D eigenvalue weighted by Crippen LogP contribution is 2.36. The number of nitrogens with two attached hydrogens (primary N) is 1. The molecule has 0 bridgehead atoms. The monoisotopic (exact) mass is 315 g/mol. The van der Waals surface area contributed by atoms with Crippen molar-refractivity contribution in [1.29, 1.82) is 0 Å². The Morgan fingerprint density at radius 1 is 1.30 bits per heavy atom. The van der Waals surface area contributed by atoms with Gasteiger partial charge < -0.3 is 20.1 Å². The molecule has 1 heterocycles. The van der Waals surface area contributed by atoms with Crippen LogP contribution in [0.1, 0.15) is 31.7 Å². The number of hydrogen-bond acceptors (Lipinski definition) is 4. The van der Waals surface area contributed by atoms with Crippen molar-refractivity contribution in [2.45, 2.75) is 31.7 Å². The van der Waals surface area contributed by atoms with E-state index in [2.05, 4.69) is 15.7 Å². The second-order valence-electron chi connectivity index (χ2n) is 6.15. The molecule has 0 aliphatic heterocycles. The van der Waals surface area contributed by atoms with Crippen LogP contribution in [-0.2, 0) is 0 Å². The molecular formula is C18H25N3O2. The lowest BCUT2D eigenvalue weighted by Gasteiger charge is -2.30. The average Bonchev–Trinajstić information content (AvgIpc) is 3.10. The molecule has 23 heavy (non-hydrogen) atoms. The highest BCUT2D eigenvalue weighted by Gasteiger charge is 2.24. The summed E-state index contributed by atoms with van der Waals surface area (Å²) in [5.74, 6) is 2.30. The Kier molecular flexibility index (Phi) is 5.31. The van der Waals surface area contributed by atoms with E-state index in [0.29, 0.717) is 12.0 Å². The first-order valence-corrected chi connectivity index (χ1v) is 8.39. The van der Waals surface area contributed by atoms with Gasteiger partial charge in [0, 0.05) is 18.4 Å². The van der Waals surface area contributed by atoms with Crippen molar-refractivity contribution in [2.75, 3.05) is 19.8 Å². The van der Waals surface area contributed by atoms with Gasteiger partial charge in [0.25, 0.3) is 0 Å². The first-order chi connectivity index (χ1) is 11.3. The summed E-state index contributed by atoms with van der Waals surface area (Å²) in [6, 6.07) is 8.32. The molecule has 2 aromatic rings. The standard InChI is InChI=1S/C18H25N3O2/c19-13-14-4-3-5-15(12-14)21-9-8-20-18(21)16-6-1-2-7-17(16)23-11-10-22/h1-2,6-9,14-15,22H,3-5,10-13,19H2/t14-,15+/m0/s1. The van der Waals surface area contributed by atoms with Gasteiger partial charge >= 0.3 is 0 Å². The van der Waals surface area contributed by atoms with Crippen LogP contribution < -0.4 is 10.5 Å². The van der Waals surface area contributed by atoms with Crippen LogP contribution in [0.15, 0.2) is 36.7 Å². The molecule has 5 heteroatoms. The van der Waals surface area contributed by atoms with Crippen molar-refractivity contribution in [3.8, 4) is 17.1 Å². The van der Waals surface area contributed by atoms with Gasteiger partial charge in [0.05, 0.1) is 12.2 Å². The van der Waals surface area contributed by atoms with Crippen molar-refractivity contribution < 1.29 is 9.84 Å². The molecule has 1 aliphatic carbocycles. The predicted octanol–water partition coefficient (Wildman–Crippen LogP) is 2.61. The Balaban J connectivity index is 1.89. The van der Waals surface area contributed by atoms with E-state index in [1.807, 2.05) is 30.5 Å². The van der Waals surface area contributed by atoms with E-state index in [1.54, 1.807) is 0 Å². The van der Waals surface area contributed by atoms with E-state index in [-0.39, 0.29) is 13.2 Å². The number of imidazole rings is 1. The van der Waals surface area contributed by atoms with Gasteiger partial charge in [-0.25, -0.2) is 4.98 Å². The van der Waals surface area contributed by atoms with Crippen LogP contribution in [0, 0.1) is 5.92 Å². The quantitative estimate of drug-likeness (QED) is 0.859. The highest BCUT2D eigenvalue weighted by molar-refractivity contribution is 5.64. The molecule has 2 atom stereocenters. The smallest absolute Gasteiger partial charge is 0.143 e. The summed E-state index contributed by atoms with van der Waals surface area (Å²) in [5, 5.41) is 9.01. The molecule has 1 aromatic carbocycles. The number of para-hydroxylation sites is 1. The topological polar surface area (TPSA) is 73.3 Å². The second kappa shape index (κ2) is 7.62. The number of aliphatic hydroxyl groups excluding tert-OH is 1. The Hall–Kier alpha value is -1.85. The molecule has 0 saturated heterocycles. The first-order valence-electron chi connectivity index (χ1n) is 8.39. The Labute approximate surface area is 137 Å². The third-order valence-electron chi connectivity index (χ3n) is 4.63. The largest absolute Gasteiger partial charge is 0.490 e. The van der Waals surface area contributed by atoms with Gasteiger partial charge in [-0.1, -0.05) is 18.6 Å². The van der Waals surface area contributed by atoms with E-state index in [0.717, 1.165) is 30.1 Å². The second-order valence-corrected chi connectivity index (χ2v) is 6.15. The van der Waals surface area contributed by atoms with Crippen molar-refractivity contribution in [3.63, 3.8) is 0 Å². The van der Waals surface area contributed by atoms with E-state index in [1.165, 1.54) is 19.3 Å². The predicted molar refractivity (Wildman–Crippen MR) is 90.3 cm³/mol. The molecule has 0 amide bonds. The zero-order valence-electron chi connectivity index (χ0n) is 13.4. The maximum atomic E-state index is 9.01. The molecule has 0 spiro atoms. The number of ether oxygens (including phenoxy) is 1. The van der Waals surface area contributed by atoms with Crippen LogP contribution in [0.2, 0.25) is 0 Å². The lowest BCUT2D eigenvalue weighted by molar-refractivity contribution is 0.201. The van der Waals surface area contributed by atoms with Crippen molar-refractivity contribution in [2.24, 2.45) is 11.7 Å². The normalized spacial score (nSPS) is 21.3. The summed E-state index contributed by atoms with van der Waals surface area (Å²) in [7, 11) is 0. The fourth-order valence-electron chi connectivity index (χ4n) is 3.48. The van der Waals surface area contributed by atoms with Crippen LogP contribution in [-0.4, -0.2) is 34.4 Å². The minimum absolute atomic E-state index is 0.00355. The molecule has 1 saturated carbocycles. The molecule has 3 N–H and O–H groups in total. The molecule has 124 valence electrons. The summed E-state index contributed by atoms with van der Waals surface area (Å²) in [6.45, 7) is 1.05. The summed E-state index contributed by atoms with van der Waals surface area (Å²) >= 11 is 0. The zero-order chi connectivity index (χ0) is 16.1. The average molecular weight is 315 g/mol. The van der Waals surface area contributed by atoms with Crippen molar-refractivity contribution in [1.82, 2.24) is 9.55 Å². The number of hydrogen-bond donors (Lipinski definition) is 2. The van der Waals surface area contributed by atoms with E-state index >= 15 is 0 Å². The van der Waals surface area contributed by atoms with Crippen LogP contribution in [0.5, 0.6) is 5.75 Å². The zero-order valence-corrected chi connectivity index (χ0v) is 13.4. The Bertz CT molecular complexity index is 626. The third-order valence-corrected chi connectivity index (χ3v) is 4.63. The SMILES string of the molecule is NC[C@H]1CCC[C@@H](n2ccnc2-c2ccccc2OCCO)C1. The van der Waals surface area contributed by atoms with Crippen LogP contribution >= 0.6 is 0 Å². The van der Waals surface area contributed by atoms with Crippen LogP contribution in [0.25, 0.3) is 11.4 Å². The van der Waals surface area contributed by atoms with Gasteiger partial charge in [-0.15, -0.1) is 0 Å². The highest BCUT2D eigenvalue weighted by atomic mass is 16.5. The number of benzene rings is 1. The molecule has 1 aliphatic rings. The molecule has 3 rings (SSSR count). The minimum Gasteiger partial charge on any atom is -0.490 e. The summed E-state index contributed by atoms with van der Waals surface area (Å²) in [6.07, 6.45) is 8.63. The maximum Gasteiger partial charge on any atom is 0.143 e. The molecule has 1 fully saturated rings.